The minimum atomic E-state index is -4.24. The number of halogens is 1. The summed E-state index contributed by atoms with van der Waals surface area (Å²) in [5.41, 5.74) is -1.08. The summed E-state index contributed by atoms with van der Waals surface area (Å²) in [7, 11) is 1.13. The number of esters is 1. The van der Waals surface area contributed by atoms with Crippen LogP contribution in [0.2, 0.25) is 5.02 Å². The first-order valence-electron chi connectivity index (χ1n) is 11.1. The second kappa shape index (κ2) is 11.6. The molecule has 0 radical (unpaired) electrons. The molecule has 15 heteroatoms. The number of methoxy groups -OCH3 is 2. The predicted molar refractivity (Wildman–Crippen MR) is 142 cm³/mol. The molecule has 39 heavy (non-hydrogen) atoms. The first-order valence-corrected chi connectivity index (χ1v) is 12.9. The summed E-state index contributed by atoms with van der Waals surface area (Å²) in [4.78, 5) is 48.5. The second-order valence-corrected chi connectivity index (χ2v) is 10.2. The number of hydrogen-bond donors (Lipinski definition) is 2. The molecule has 0 saturated carbocycles. The number of anilines is 2. The summed E-state index contributed by atoms with van der Waals surface area (Å²) in [6.07, 6.45) is 0. The lowest BCUT2D eigenvalue weighted by atomic mass is 10.1. The average Bonchev–Trinajstić information content (AvgIpc) is 2.89. The van der Waals surface area contributed by atoms with Crippen LogP contribution in [0.1, 0.15) is 15.9 Å². The number of carbonyl (C=O) groups excluding carboxylic acids is 2. The van der Waals surface area contributed by atoms with Gasteiger partial charge in [-0.1, -0.05) is 17.7 Å². The van der Waals surface area contributed by atoms with Crippen LogP contribution in [0.25, 0.3) is 0 Å². The molecule has 3 rings (SSSR count). The summed E-state index contributed by atoms with van der Waals surface area (Å²) in [6, 6.07) is 7.61. The fourth-order valence-corrected chi connectivity index (χ4v) is 4.98. The third kappa shape index (κ3) is 6.41. The first-order chi connectivity index (χ1) is 18.3. The summed E-state index contributed by atoms with van der Waals surface area (Å²) >= 11 is 6.13. The number of rotatable bonds is 9. The first kappa shape index (κ1) is 29.3. The molecule has 0 atom stereocenters. The number of aryl methyl sites for hydroxylation is 1. The highest BCUT2D eigenvalue weighted by Gasteiger charge is 2.23. The molecule has 1 amide bonds. The van der Waals surface area contributed by atoms with Crippen LogP contribution in [0.4, 0.5) is 11.5 Å². The van der Waals surface area contributed by atoms with E-state index in [9.17, 15) is 27.6 Å². The standard InChI is InChI=1S/C24H25ClN4O9S/c1-13-6-7-14(23(32)38-12-21(30)26-20-11-22(31)29(3)24(33)28(20)2)8-19(13)39(34,35)27-16-9-15(25)17(36-4)10-18(16)37-5/h6-11,27H,12H2,1-5H3,(H,26,30). The smallest absolute Gasteiger partial charge is 0.338 e. The summed E-state index contributed by atoms with van der Waals surface area (Å²) in [5.74, 6) is -1.47. The molecule has 208 valence electrons. The minimum absolute atomic E-state index is 0.0393. The zero-order valence-electron chi connectivity index (χ0n) is 21.5. The molecular formula is C24H25ClN4O9S. The Morgan fingerprint density at radius 3 is 2.28 bits per heavy atom. The van der Waals surface area contributed by atoms with Gasteiger partial charge < -0.3 is 19.5 Å². The number of nitrogens with one attached hydrogen (secondary N) is 2. The van der Waals surface area contributed by atoms with Gasteiger partial charge in [0.05, 0.1) is 35.4 Å². The third-order valence-corrected chi connectivity index (χ3v) is 7.36. The van der Waals surface area contributed by atoms with Crippen molar-refractivity contribution in [3.63, 3.8) is 0 Å². The molecule has 13 nitrogen and oxygen atoms in total. The molecule has 0 saturated heterocycles. The number of amides is 1. The van der Waals surface area contributed by atoms with Gasteiger partial charge >= 0.3 is 11.7 Å². The Balaban J connectivity index is 1.78. The highest BCUT2D eigenvalue weighted by atomic mass is 35.5. The SMILES string of the molecule is COc1cc(OC)c(NS(=O)(=O)c2cc(C(=O)OCC(=O)Nc3cc(=O)n(C)c(=O)n3C)ccc2C)cc1Cl. The van der Waals surface area contributed by atoms with Crippen LogP contribution >= 0.6 is 11.6 Å². The van der Waals surface area contributed by atoms with Gasteiger partial charge in [0.2, 0.25) is 0 Å². The molecular weight excluding hydrogens is 556 g/mol. The van der Waals surface area contributed by atoms with Gasteiger partial charge in [-0.15, -0.1) is 0 Å². The van der Waals surface area contributed by atoms with Gasteiger partial charge in [-0.25, -0.2) is 18.0 Å². The predicted octanol–water partition coefficient (Wildman–Crippen LogP) is 1.66. The van der Waals surface area contributed by atoms with E-state index in [4.69, 9.17) is 25.8 Å². The minimum Gasteiger partial charge on any atom is -0.495 e. The zero-order chi connectivity index (χ0) is 29.1. The van der Waals surface area contributed by atoms with Crippen LogP contribution < -0.4 is 30.8 Å². The fourth-order valence-electron chi connectivity index (χ4n) is 3.40. The van der Waals surface area contributed by atoms with E-state index in [-0.39, 0.29) is 38.5 Å². The van der Waals surface area contributed by atoms with Crippen molar-refractivity contribution in [1.82, 2.24) is 9.13 Å². The van der Waals surface area contributed by atoms with E-state index in [1.54, 1.807) is 0 Å². The summed E-state index contributed by atoms with van der Waals surface area (Å²) in [6.45, 7) is 0.766. The third-order valence-electron chi connectivity index (χ3n) is 5.56. The van der Waals surface area contributed by atoms with Crippen molar-refractivity contribution in [2.75, 3.05) is 30.9 Å². The van der Waals surface area contributed by atoms with Gasteiger partial charge in [0.25, 0.3) is 21.5 Å². The molecule has 2 aromatic carbocycles. The number of aromatic nitrogens is 2. The molecule has 1 aromatic heterocycles. The second-order valence-electron chi connectivity index (χ2n) is 8.17. The van der Waals surface area contributed by atoms with Gasteiger partial charge in [-0.05, 0) is 30.7 Å². The lowest BCUT2D eigenvalue weighted by Crippen LogP contribution is -2.38. The van der Waals surface area contributed by atoms with Crippen molar-refractivity contribution in [3.8, 4) is 11.5 Å². The Bertz CT molecular complexity index is 1680. The Labute approximate surface area is 227 Å². The fraction of sp³-hybridized carbons (Fsp3) is 0.250. The van der Waals surface area contributed by atoms with E-state index in [1.807, 2.05) is 0 Å². The largest absolute Gasteiger partial charge is 0.495 e. The molecule has 0 aliphatic heterocycles. The number of benzene rings is 2. The maximum atomic E-state index is 13.2. The van der Waals surface area contributed by atoms with Crippen LogP contribution in [-0.4, -0.2) is 50.3 Å². The van der Waals surface area contributed by atoms with Crippen molar-refractivity contribution in [3.05, 3.63) is 73.4 Å². The van der Waals surface area contributed by atoms with E-state index in [2.05, 4.69) is 10.0 Å². The number of sulfonamides is 1. The van der Waals surface area contributed by atoms with Crippen LogP contribution in [0, 0.1) is 6.92 Å². The van der Waals surface area contributed by atoms with Gasteiger partial charge in [-0.2, -0.15) is 0 Å². The van der Waals surface area contributed by atoms with Crippen LogP contribution in [0.5, 0.6) is 11.5 Å². The molecule has 0 aliphatic rings. The Morgan fingerprint density at radius 2 is 1.64 bits per heavy atom. The number of carbonyl (C=O) groups is 2. The van der Waals surface area contributed by atoms with Crippen LogP contribution in [0.15, 0.2) is 50.9 Å². The van der Waals surface area contributed by atoms with Gasteiger partial charge in [-0.3, -0.25) is 23.4 Å². The van der Waals surface area contributed by atoms with Crippen molar-refractivity contribution in [1.29, 1.82) is 0 Å². The highest BCUT2D eigenvalue weighted by Crippen LogP contribution is 2.37. The van der Waals surface area contributed by atoms with E-state index < -0.39 is 39.8 Å². The molecule has 0 aliphatic carbocycles. The lowest BCUT2D eigenvalue weighted by molar-refractivity contribution is -0.119. The van der Waals surface area contributed by atoms with E-state index in [1.165, 1.54) is 59.5 Å². The van der Waals surface area contributed by atoms with Crippen molar-refractivity contribution in [2.24, 2.45) is 14.1 Å². The monoisotopic (exact) mass is 580 g/mol. The molecule has 3 aromatic rings. The maximum Gasteiger partial charge on any atom is 0.338 e. The van der Waals surface area contributed by atoms with Gasteiger partial charge in [0, 0.05) is 26.2 Å². The van der Waals surface area contributed by atoms with E-state index >= 15 is 0 Å². The molecule has 0 fully saturated rings. The molecule has 0 unspecified atom stereocenters. The average molecular weight is 581 g/mol. The Morgan fingerprint density at radius 1 is 0.974 bits per heavy atom. The van der Waals surface area contributed by atoms with Gasteiger partial charge in [0.1, 0.15) is 17.3 Å². The van der Waals surface area contributed by atoms with Crippen molar-refractivity contribution < 1.29 is 32.2 Å². The molecule has 0 bridgehead atoms. The van der Waals surface area contributed by atoms with Crippen LogP contribution in [-0.2, 0) is 33.7 Å². The normalized spacial score (nSPS) is 11.0. The van der Waals surface area contributed by atoms with Crippen molar-refractivity contribution >= 4 is 45.0 Å². The Hall–Kier alpha value is -4.30. The van der Waals surface area contributed by atoms with Crippen molar-refractivity contribution in [2.45, 2.75) is 11.8 Å². The quantitative estimate of drug-likeness (QED) is 0.358. The summed E-state index contributed by atoms with van der Waals surface area (Å²) in [5, 5.41) is 2.46. The molecule has 2 N–H and O–H groups in total. The van der Waals surface area contributed by atoms with E-state index in [0.717, 1.165) is 21.3 Å². The maximum absolute atomic E-state index is 13.2. The summed E-state index contributed by atoms with van der Waals surface area (Å²) < 4.78 is 46.0. The Kier molecular flexibility index (Phi) is 8.71. The van der Waals surface area contributed by atoms with E-state index in [0.29, 0.717) is 5.56 Å². The zero-order valence-corrected chi connectivity index (χ0v) is 23.1. The number of hydrogen-bond acceptors (Lipinski definition) is 9. The van der Waals surface area contributed by atoms with Crippen LogP contribution in [0.3, 0.4) is 0 Å². The highest BCUT2D eigenvalue weighted by molar-refractivity contribution is 7.92. The number of ether oxygens (including phenoxy) is 3. The molecule has 1 heterocycles. The number of nitrogens with zero attached hydrogens (tertiary/aromatic N) is 2. The lowest BCUT2D eigenvalue weighted by Gasteiger charge is -2.16. The van der Waals surface area contributed by atoms with Gasteiger partial charge in [0.15, 0.2) is 6.61 Å². The molecule has 0 spiro atoms. The topological polar surface area (TPSA) is 164 Å².